The first kappa shape index (κ1) is 24.1. The van der Waals surface area contributed by atoms with Gasteiger partial charge in [0.15, 0.2) is 0 Å². The lowest BCUT2D eigenvalue weighted by atomic mass is 9.94. The van der Waals surface area contributed by atoms with Crippen LogP contribution in [0.15, 0.2) is 42.5 Å². The van der Waals surface area contributed by atoms with Crippen LogP contribution in [0.5, 0.6) is 11.5 Å². The molecule has 0 unspecified atom stereocenters. The molecule has 9 nitrogen and oxygen atoms in total. The predicted octanol–water partition coefficient (Wildman–Crippen LogP) is 3.45. The molecule has 2 N–H and O–H groups in total. The molecule has 5 rings (SSSR count). The van der Waals surface area contributed by atoms with Crippen LogP contribution in [0.4, 0.5) is 11.4 Å². The number of rotatable bonds is 6. The van der Waals surface area contributed by atoms with Gasteiger partial charge in [-0.2, -0.15) is 0 Å². The molecule has 2 aromatic carbocycles. The summed E-state index contributed by atoms with van der Waals surface area (Å²) in [4.78, 5) is 39.8. The molecular weight excluding hydrogens is 462 g/mol. The number of nitrogens with one attached hydrogen (secondary N) is 2. The molecule has 1 saturated carbocycles. The Balaban J connectivity index is 1.23. The van der Waals surface area contributed by atoms with Crippen LogP contribution in [0, 0.1) is 5.92 Å². The van der Waals surface area contributed by atoms with Crippen LogP contribution in [-0.2, 0) is 14.3 Å². The molecule has 2 aliphatic heterocycles. The average Bonchev–Trinajstić information content (AvgIpc) is 3.72. The van der Waals surface area contributed by atoms with Gasteiger partial charge in [0.25, 0.3) is 5.91 Å². The number of methoxy groups -OCH3 is 1. The van der Waals surface area contributed by atoms with Gasteiger partial charge < -0.3 is 29.7 Å². The summed E-state index contributed by atoms with van der Waals surface area (Å²) in [6.07, 6.45) is 2.74. The molecule has 0 spiro atoms. The van der Waals surface area contributed by atoms with Crippen molar-refractivity contribution in [3.8, 4) is 11.5 Å². The van der Waals surface area contributed by atoms with E-state index in [4.69, 9.17) is 14.2 Å². The zero-order valence-corrected chi connectivity index (χ0v) is 20.5. The van der Waals surface area contributed by atoms with Gasteiger partial charge in [-0.15, -0.1) is 0 Å². The summed E-state index contributed by atoms with van der Waals surface area (Å²) in [6, 6.07) is 12.2. The zero-order valence-electron chi connectivity index (χ0n) is 20.5. The largest absolute Gasteiger partial charge is 0.497 e. The number of fused-ring (bicyclic) bond motifs is 2. The molecular formula is C27H31N3O6. The van der Waals surface area contributed by atoms with Crippen LogP contribution in [0.1, 0.15) is 42.5 Å². The van der Waals surface area contributed by atoms with Gasteiger partial charge in [0.2, 0.25) is 11.8 Å². The second-order valence-corrected chi connectivity index (χ2v) is 9.63. The van der Waals surface area contributed by atoms with Gasteiger partial charge in [0, 0.05) is 30.4 Å². The van der Waals surface area contributed by atoms with Gasteiger partial charge >= 0.3 is 0 Å². The van der Waals surface area contributed by atoms with Crippen molar-refractivity contribution in [3.63, 3.8) is 0 Å². The summed E-state index contributed by atoms with van der Waals surface area (Å²) >= 11 is 0. The smallest absolute Gasteiger partial charge is 0.257 e. The van der Waals surface area contributed by atoms with Crippen LogP contribution in [0.3, 0.4) is 0 Å². The minimum Gasteiger partial charge on any atom is -0.497 e. The molecule has 3 amide bonds. The van der Waals surface area contributed by atoms with E-state index in [-0.39, 0.29) is 54.9 Å². The van der Waals surface area contributed by atoms with E-state index in [1.165, 1.54) is 0 Å². The summed E-state index contributed by atoms with van der Waals surface area (Å²) in [5.74, 6) is 0.865. The zero-order chi connectivity index (χ0) is 25.2. The van der Waals surface area contributed by atoms with Crippen molar-refractivity contribution in [1.82, 2.24) is 4.90 Å². The first-order chi connectivity index (χ1) is 17.4. The van der Waals surface area contributed by atoms with E-state index in [9.17, 15) is 14.4 Å². The number of ether oxygens (including phenoxy) is 3. The molecule has 0 bridgehead atoms. The third-order valence-corrected chi connectivity index (χ3v) is 6.99. The fourth-order valence-electron chi connectivity index (χ4n) is 4.81. The number of benzene rings is 2. The number of hydrogen-bond donors (Lipinski definition) is 2. The van der Waals surface area contributed by atoms with E-state index in [1.54, 1.807) is 43.3 Å². The fourth-order valence-corrected chi connectivity index (χ4v) is 4.81. The Kier molecular flexibility index (Phi) is 6.82. The predicted molar refractivity (Wildman–Crippen MR) is 133 cm³/mol. The quantitative estimate of drug-likeness (QED) is 0.639. The second kappa shape index (κ2) is 10.2. The van der Waals surface area contributed by atoms with Gasteiger partial charge in [-0.3, -0.25) is 14.4 Å². The van der Waals surface area contributed by atoms with Crippen LogP contribution in [-0.4, -0.2) is 61.6 Å². The molecule has 1 saturated heterocycles. The highest BCUT2D eigenvalue weighted by Gasteiger charge is 2.39. The number of anilines is 2. The normalized spacial score (nSPS) is 23.3. The van der Waals surface area contributed by atoms with Crippen molar-refractivity contribution >= 4 is 29.1 Å². The monoisotopic (exact) mass is 493 g/mol. The van der Waals surface area contributed by atoms with E-state index in [2.05, 4.69) is 10.6 Å². The number of carbonyl (C=O) groups excluding carboxylic acids is 3. The second-order valence-electron chi connectivity index (χ2n) is 9.63. The minimum atomic E-state index is -0.357. The van der Waals surface area contributed by atoms with Crippen molar-refractivity contribution in [2.24, 2.45) is 5.92 Å². The molecule has 2 heterocycles. The maximum Gasteiger partial charge on any atom is 0.257 e. The standard InChI is InChI=1S/C27H31N3O6/c1-30-22-10-9-20(14-25(31)28-17-4-3-5-19(12-17)34-2)36-24(22)15-35-23-11-8-18(13-21(23)27(30)33)29-26(32)16-6-7-16/h3-5,8,11-13,16,20,22,24H,6-7,9-10,14-15H2,1-2H3,(H,28,31)(H,29,32)/t20-,22-,24+/m1/s1. The van der Waals surface area contributed by atoms with E-state index in [1.807, 2.05) is 18.2 Å². The molecule has 2 fully saturated rings. The number of amides is 3. The Morgan fingerprint density at radius 1 is 1.06 bits per heavy atom. The van der Waals surface area contributed by atoms with Crippen molar-refractivity contribution in [1.29, 1.82) is 0 Å². The highest BCUT2D eigenvalue weighted by Crippen LogP contribution is 2.34. The van der Waals surface area contributed by atoms with Crippen LogP contribution >= 0.6 is 0 Å². The SMILES string of the molecule is COc1cccc(NC(=O)C[C@H]2CC[C@@H]3[C@H](COc4ccc(NC(=O)C5CC5)cc4C(=O)N3C)O2)c1. The average molecular weight is 494 g/mol. The molecule has 3 aliphatic rings. The molecule has 0 radical (unpaired) electrons. The molecule has 9 heteroatoms. The number of nitrogens with zero attached hydrogens (tertiary/aromatic N) is 1. The Morgan fingerprint density at radius 3 is 2.64 bits per heavy atom. The van der Waals surface area contributed by atoms with E-state index in [0.29, 0.717) is 41.3 Å². The lowest BCUT2D eigenvalue weighted by Gasteiger charge is -2.42. The molecule has 36 heavy (non-hydrogen) atoms. The van der Waals surface area contributed by atoms with Crippen LogP contribution < -0.4 is 20.1 Å². The maximum atomic E-state index is 13.3. The van der Waals surface area contributed by atoms with E-state index in [0.717, 1.165) is 12.8 Å². The van der Waals surface area contributed by atoms with Gasteiger partial charge in [-0.05, 0) is 56.0 Å². The molecule has 1 aliphatic carbocycles. The van der Waals surface area contributed by atoms with Gasteiger partial charge in [-0.25, -0.2) is 0 Å². The maximum absolute atomic E-state index is 13.3. The van der Waals surface area contributed by atoms with Crippen LogP contribution in [0.25, 0.3) is 0 Å². The van der Waals surface area contributed by atoms with E-state index < -0.39 is 0 Å². The highest BCUT2D eigenvalue weighted by molar-refractivity contribution is 6.00. The Bertz CT molecular complexity index is 1160. The lowest BCUT2D eigenvalue weighted by Crippen LogP contribution is -2.53. The third kappa shape index (κ3) is 5.31. The van der Waals surface area contributed by atoms with Crippen molar-refractivity contribution in [3.05, 3.63) is 48.0 Å². The topological polar surface area (TPSA) is 106 Å². The molecule has 0 aromatic heterocycles. The summed E-state index contributed by atoms with van der Waals surface area (Å²) < 4.78 is 17.5. The lowest BCUT2D eigenvalue weighted by molar-refractivity contribution is -0.130. The van der Waals surface area contributed by atoms with E-state index >= 15 is 0 Å². The van der Waals surface area contributed by atoms with Crippen molar-refractivity contribution in [2.75, 3.05) is 31.4 Å². The van der Waals surface area contributed by atoms with Gasteiger partial charge in [0.05, 0.1) is 31.2 Å². The number of carbonyl (C=O) groups is 3. The van der Waals surface area contributed by atoms with Crippen molar-refractivity contribution in [2.45, 2.75) is 50.4 Å². The summed E-state index contributed by atoms with van der Waals surface area (Å²) in [5.41, 5.74) is 1.68. The Labute approximate surface area is 210 Å². The molecule has 3 atom stereocenters. The summed E-state index contributed by atoms with van der Waals surface area (Å²) in [5, 5.41) is 5.79. The van der Waals surface area contributed by atoms with Gasteiger partial charge in [0.1, 0.15) is 24.2 Å². The van der Waals surface area contributed by atoms with Crippen LogP contribution in [0.2, 0.25) is 0 Å². The molecule has 190 valence electrons. The molecule has 2 aromatic rings. The van der Waals surface area contributed by atoms with Crippen molar-refractivity contribution < 1.29 is 28.6 Å². The number of likely N-dealkylation sites (N-methyl/N-ethyl adjacent to an activating group) is 1. The fraction of sp³-hybridized carbons (Fsp3) is 0.444. The first-order valence-electron chi connectivity index (χ1n) is 12.4. The highest BCUT2D eigenvalue weighted by atomic mass is 16.5. The number of hydrogen-bond acceptors (Lipinski definition) is 6. The minimum absolute atomic E-state index is 0.00950. The Hall–Kier alpha value is -3.59. The first-order valence-corrected chi connectivity index (χ1v) is 12.4. The summed E-state index contributed by atoms with van der Waals surface area (Å²) in [7, 11) is 3.35. The third-order valence-electron chi connectivity index (χ3n) is 6.99. The summed E-state index contributed by atoms with van der Waals surface area (Å²) in [6.45, 7) is 0.261. The Morgan fingerprint density at radius 2 is 1.86 bits per heavy atom. The van der Waals surface area contributed by atoms with Gasteiger partial charge in [-0.1, -0.05) is 6.07 Å².